The molecule has 0 aromatic rings. The fraction of sp³-hybridized carbons (Fsp3) is 1.00. The molecule has 1 aliphatic heterocycles. The summed E-state index contributed by atoms with van der Waals surface area (Å²) >= 11 is 0. The Labute approximate surface area is 147 Å². The Morgan fingerprint density at radius 3 is 2.08 bits per heavy atom. The van der Waals surface area contributed by atoms with Crippen molar-refractivity contribution in [3.05, 3.63) is 0 Å². The van der Waals surface area contributed by atoms with Crippen molar-refractivity contribution in [2.75, 3.05) is 34.0 Å². The third kappa shape index (κ3) is 5.52. The van der Waals surface area contributed by atoms with Gasteiger partial charge >= 0.3 is 0 Å². The lowest BCUT2D eigenvalue weighted by Crippen LogP contribution is -2.59. The van der Waals surface area contributed by atoms with Gasteiger partial charge in [-0.1, -0.05) is 0 Å². The van der Waals surface area contributed by atoms with E-state index in [1.54, 1.807) is 0 Å². The Morgan fingerprint density at radius 2 is 1.56 bits per heavy atom. The molecule has 1 aliphatic rings. The van der Waals surface area contributed by atoms with Crippen molar-refractivity contribution in [1.82, 2.24) is 0 Å². The predicted octanol–water partition coefficient (Wildman–Crippen LogP) is -4.45. The Bertz CT molecular complexity index is 405. The molecule has 0 saturated carbocycles. The minimum absolute atomic E-state index is 0.580. The fourth-order valence-corrected chi connectivity index (χ4v) is 2.45. The van der Waals surface area contributed by atoms with E-state index in [1.807, 2.05) is 0 Å². The first-order valence-corrected chi connectivity index (χ1v) is 7.53. The predicted molar refractivity (Wildman–Crippen MR) is 80.4 cm³/mol. The average molecular weight is 374 g/mol. The first-order chi connectivity index (χ1) is 12.8. The zero-order chi connectivity index (χ0) is 20.6. The molecule has 1 rings (SSSR count). The van der Waals surface area contributed by atoms with Crippen LogP contribution in [-0.2, 0) is 18.9 Å². The summed E-state index contributed by atoms with van der Waals surface area (Å²) in [6.45, 7) is -1.98. The number of hydrogen-bond donors (Lipinski definition) is 7. The Hall–Kier alpha value is -0.440. The van der Waals surface area contributed by atoms with Crippen LogP contribution in [0.15, 0.2) is 0 Å². The second kappa shape index (κ2) is 10.6. The molecule has 11 heteroatoms. The van der Waals surface area contributed by atoms with Crippen molar-refractivity contribution >= 4 is 0 Å². The molecular formula is C14H28O11. The van der Waals surface area contributed by atoms with E-state index in [0.717, 1.165) is 0 Å². The first-order valence-electron chi connectivity index (χ1n) is 8.94. The van der Waals surface area contributed by atoms with Crippen molar-refractivity contribution in [3.8, 4) is 0 Å². The van der Waals surface area contributed by atoms with E-state index in [2.05, 4.69) is 0 Å². The summed E-state index contributed by atoms with van der Waals surface area (Å²) in [5, 5.41) is 67.6. The highest BCUT2D eigenvalue weighted by atomic mass is 16.7. The molecule has 1 heterocycles. The normalized spacial score (nSPS) is 36.2. The lowest BCUT2D eigenvalue weighted by atomic mass is 9.99. The van der Waals surface area contributed by atoms with E-state index >= 15 is 0 Å². The van der Waals surface area contributed by atoms with Crippen LogP contribution in [0.2, 0.25) is 0 Å². The molecule has 0 bridgehead atoms. The average Bonchev–Trinajstić information content (AvgIpc) is 2.67. The lowest BCUT2D eigenvalue weighted by Gasteiger charge is -2.40. The molecule has 0 amide bonds. The maximum absolute atomic E-state index is 10.3. The molecule has 7 N–H and O–H groups in total. The zero-order valence-corrected chi connectivity index (χ0v) is 13.5. The number of hydrogen-bond acceptors (Lipinski definition) is 11. The van der Waals surface area contributed by atoms with Gasteiger partial charge in [-0.3, -0.25) is 0 Å². The third-order valence-electron chi connectivity index (χ3n) is 3.93. The van der Waals surface area contributed by atoms with Crippen LogP contribution in [0.3, 0.4) is 0 Å². The van der Waals surface area contributed by atoms with E-state index in [0.29, 0.717) is 0 Å². The van der Waals surface area contributed by atoms with Crippen molar-refractivity contribution in [2.24, 2.45) is 0 Å². The molecule has 11 nitrogen and oxygen atoms in total. The molecule has 25 heavy (non-hydrogen) atoms. The van der Waals surface area contributed by atoms with Crippen molar-refractivity contribution < 1.29 is 57.4 Å². The smallest absolute Gasteiger partial charge is 0.186 e. The minimum Gasteiger partial charge on any atom is -0.394 e. The van der Waals surface area contributed by atoms with Gasteiger partial charge in [-0.05, 0) is 0 Å². The quantitative estimate of drug-likeness (QED) is 0.196. The van der Waals surface area contributed by atoms with Crippen LogP contribution in [0.1, 0.15) is 2.74 Å². The Morgan fingerprint density at radius 1 is 0.960 bits per heavy atom. The summed E-state index contributed by atoms with van der Waals surface area (Å²) < 4.78 is 34.5. The third-order valence-corrected chi connectivity index (χ3v) is 3.93. The van der Waals surface area contributed by atoms with Gasteiger partial charge in [-0.2, -0.15) is 0 Å². The molecule has 0 radical (unpaired) electrons. The van der Waals surface area contributed by atoms with Crippen LogP contribution in [0.5, 0.6) is 0 Å². The van der Waals surface area contributed by atoms with Crippen LogP contribution in [0.4, 0.5) is 0 Å². The number of aliphatic hydroxyl groups is 7. The van der Waals surface area contributed by atoms with Crippen LogP contribution < -0.4 is 0 Å². The number of rotatable bonds is 10. The topological polar surface area (TPSA) is 179 Å². The summed E-state index contributed by atoms with van der Waals surface area (Å²) in [6, 6.07) is 0. The van der Waals surface area contributed by atoms with Gasteiger partial charge in [-0.25, -0.2) is 0 Å². The van der Waals surface area contributed by atoms with Gasteiger partial charge in [0.05, 0.1) is 22.6 Å². The van der Waals surface area contributed by atoms with Gasteiger partial charge in [-0.15, -0.1) is 0 Å². The van der Waals surface area contributed by atoms with E-state index in [4.69, 9.17) is 31.9 Å². The second-order valence-corrected chi connectivity index (χ2v) is 5.61. The fourth-order valence-electron chi connectivity index (χ4n) is 2.45. The molecule has 9 atom stereocenters. The summed E-state index contributed by atoms with van der Waals surface area (Å²) in [6.07, 6.45) is -13.3. The SMILES string of the molecule is [2H]CO[C@@H]([C@H](OC[2H])[C@H](O)CO[C@@H]1O[C@H](CO)[C@@H](O)[C@H](O)[C@H]1O)[C@H](O)CO. The molecule has 0 aromatic heterocycles. The molecule has 150 valence electrons. The monoisotopic (exact) mass is 374 g/mol. The highest BCUT2D eigenvalue weighted by Crippen LogP contribution is 2.22. The van der Waals surface area contributed by atoms with E-state index in [1.165, 1.54) is 0 Å². The van der Waals surface area contributed by atoms with Gasteiger partial charge in [0.2, 0.25) is 0 Å². The first kappa shape index (κ1) is 19.3. The van der Waals surface area contributed by atoms with Crippen molar-refractivity contribution in [3.63, 3.8) is 0 Å². The largest absolute Gasteiger partial charge is 0.394 e. The summed E-state index contributed by atoms with van der Waals surface area (Å²) in [5.41, 5.74) is 0. The van der Waals surface area contributed by atoms with Crippen LogP contribution in [0, 0.1) is 0 Å². The van der Waals surface area contributed by atoms with Crippen molar-refractivity contribution in [2.45, 2.75) is 55.1 Å². The standard InChI is InChI=1S/C14H28O11/c1-22-12(6(17)3-15)13(23-2)7(18)5-24-14-11(21)10(20)9(19)8(4-16)25-14/h6-21H,3-5H2,1-2H3/t6-,7-,8-,9-,10+,11-,12-,13-,14-/m1/s1/i1D,2D. The van der Waals surface area contributed by atoms with E-state index in [-0.39, 0.29) is 0 Å². The molecule has 0 aliphatic carbocycles. The Balaban J connectivity index is 2.76. The van der Waals surface area contributed by atoms with Crippen LogP contribution in [0.25, 0.3) is 0 Å². The van der Waals surface area contributed by atoms with Gasteiger partial charge in [0, 0.05) is 14.2 Å². The molecule has 0 unspecified atom stereocenters. The highest BCUT2D eigenvalue weighted by molar-refractivity contribution is 4.89. The molecule has 1 saturated heterocycles. The molecule has 0 spiro atoms. The van der Waals surface area contributed by atoms with E-state index in [9.17, 15) is 25.5 Å². The summed E-state index contributed by atoms with van der Waals surface area (Å²) in [7, 11) is -1.24. The zero-order valence-electron chi connectivity index (χ0n) is 15.5. The highest BCUT2D eigenvalue weighted by Gasteiger charge is 2.44. The summed E-state index contributed by atoms with van der Waals surface area (Å²) in [4.78, 5) is 0. The van der Waals surface area contributed by atoms with Crippen LogP contribution >= 0.6 is 0 Å². The van der Waals surface area contributed by atoms with Gasteiger partial charge in [0.1, 0.15) is 48.8 Å². The molecular weight excluding hydrogens is 344 g/mol. The second-order valence-electron chi connectivity index (χ2n) is 5.61. The Kier molecular flexibility index (Phi) is 8.23. The number of ether oxygens (including phenoxy) is 4. The maximum atomic E-state index is 10.3. The maximum Gasteiger partial charge on any atom is 0.186 e. The van der Waals surface area contributed by atoms with Gasteiger partial charge in [0.15, 0.2) is 6.29 Å². The van der Waals surface area contributed by atoms with Gasteiger partial charge in [0.25, 0.3) is 0 Å². The number of methoxy groups -OCH3 is 2. The molecule has 0 aromatic carbocycles. The van der Waals surface area contributed by atoms with E-state index < -0.39 is 89.1 Å². The van der Waals surface area contributed by atoms with Gasteiger partial charge < -0.3 is 54.7 Å². The molecule has 1 fully saturated rings. The van der Waals surface area contributed by atoms with Crippen LogP contribution in [-0.4, -0.2) is 125 Å². The van der Waals surface area contributed by atoms with Crippen molar-refractivity contribution in [1.29, 1.82) is 0 Å². The minimum atomic E-state index is -1.67. The lowest BCUT2D eigenvalue weighted by molar-refractivity contribution is -0.307. The summed E-state index contributed by atoms with van der Waals surface area (Å²) in [5.74, 6) is 0. The number of aliphatic hydroxyl groups excluding tert-OH is 7.